The number of anilines is 1. The van der Waals surface area contributed by atoms with Crippen LogP contribution < -0.4 is 10.1 Å². The molecule has 1 N–H and O–H groups in total. The van der Waals surface area contributed by atoms with Gasteiger partial charge in [-0.1, -0.05) is 60.7 Å². The number of thiocarbonyl (C=S) groups is 1. The molecule has 39 heavy (non-hydrogen) atoms. The number of ether oxygens (including phenoxy) is 3. The van der Waals surface area contributed by atoms with Crippen LogP contribution in [0.5, 0.6) is 11.5 Å². The Bertz CT molecular complexity index is 1430. The number of methoxy groups -OCH3 is 2. The van der Waals surface area contributed by atoms with Crippen molar-refractivity contribution in [3.05, 3.63) is 125 Å². The zero-order valence-electron chi connectivity index (χ0n) is 21.6. The fourth-order valence-corrected chi connectivity index (χ4v) is 4.15. The van der Waals surface area contributed by atoms with E-state index >= 15 is 0 Å². The fourth-order valence-electron chi connectivity index (χ4n) is 3.90. The summed E-state index contributed by atoms with van der Waals surface area (Å²) in [5.74, 6) is 0.228. The van der Waals surface area contributed by atoms with Gasteiger partial charge in [0.15, 0.2) is 5.11 Å². The molecule has 0 aliphatic rings. The van der Waals surface area contributed by atoms with Crippen molar-refractivity contribution < 1.29 is 23.8 Å². The molecule has 0 spiro atoms. The fraction of sp³-hybridized carbons (Fsp3) is 0.129. The highest BCUT2D eigenvalue weighted by atomic mass is 32.1. The van der Waals surface area contributed by atoms with Crippen molar-refractivity contribution in [3.8, 4) is 11.5 Å². The van der Waals surface area contributed by atoms with Crippen LogP contribution >= 0.6 is 12.2 Å². The van der Waals surface area contributed by atoms with Crippen LogP contribution in [-0.4, -0.2) is 36.2 Å². The van der Waals surface area contributed by atoms with Gasteiger partial charge >= 0.3 is 11.9 Å². The van der Waals surface area contributed by atoms with Crippen LogP contribution in [0.3, 0.4) is 0 Å². The van der Waals surface area contributed by atoms with Gasteiger partial charge in [-0.15, -0.1) is 0 Å². The van der Waals surface area contributed by atoms with E-state index in [1.165, 1.54) is 26.4 Å². The number of carbonyl (C=O) groups excluding carboxylic acids is 2. The van der Waals surface area contributed by atoms with Crippen LogP contribution in [0.4, 0.5) is 5.69 Å². The molecule has 198 valence electrons. The molecule has 0 radical (unpaired) electrons. The number of rotatable bonds is 9. The van der Waals surface area contributed by atoms with Gasteiger partial charge in [0.25, 0.3) is 0 Å². The molecule has 4 rings (SSSR count). The third-order valence-corrected chi connectivity index (χ3v) is 6.22. The highest BCUT2D eigenvalue weighted by Crippen LogP contribution is 2.23. The molecule has 0 saturated carbocycles. The van der Waals surface area contributed by atoms with E-state index in [1.807, 2.05) is 89.8 Å². The van der Waals surface area contributed by atoms with Gasteiger partial charge in [-0.3, -0.25) is 0 Å². The number of nitrogens with zero attached hydrogens (tertiary/aromatic N) is 1. The van der Waals surface area contributed by atoms with Crippen LogP contribution in [0.1, 0.15) is 31.8 Å². The topological polar surface area (TPSA) is 77.1 Å². The van der Waals surface area contributed by atoms with Gasteiger partial charge in [0.05, 0.1) is 25.3 Å². The summed E-state index contributed by atoms with van der Waals surface area (Å²) in [6.07, 6.45) is 0. The molecule has 0 aliphatic heterocycles. The molecular weight excluding hydrogens is 512 g/mol. The monoisotopic (exact) mass is 540 g/mol. The first kappa shape index (κ1) is 27.3. The maximum Gasteiger partial charge on any atom is 0.338 e. The number of nitrogens with one attached hydrogen (secondary N) is 1. The van der Waals surface area contributed by atoms with Crippen LogP contribution in [0, 0.1) is 0 Å². The second-order valence-corrected chi connectivity index (χ2v) is 8.96. The van der Waals surface area contributed by atoms with Gasteiger partial charge in [-0.2, -0.15) is 0 Å². The van der Waals surface area contributed by atoms with Gasteiger partial charge in [0.1, 0.15) is 11.5 Å². The minimum absolute atomic E-state index is 0.0840. The third kappa shape index (κ3) is 7.43. The molecule has 0 unspecified atom stereocenters. The Hall–Kier alpha value is -4.69. The van der Waals surface area contributed by atoms with E-state index in [0.717, 1.165) is 22.6 Å². The predicted molar refractivity (Wildman–Crippen MR) is 154 cm³/mol. The second-order valence-electron chi connectivity index (χ2n) is 8.57. The lowest BCUT2D eigenvalue weighted by atomic mass is 10.1. The highest BCUT2D eigenvalue weighted by molar-refractivity contribution is 7.80. The van der Waals surface area contributed by atoms with E-state index in [-0.39, 0.29) is 11.1 Å². The quantitative estimate of drug-likeness (QED) is 0.192. The summed E-state index contributed by atoms with van der Waals surface area (Å²) in [4.78, 5) is 26.5. The SMILES string of the molecule is COC(=O)c1ccc(NC(=S)N(Cc2ccccc2)Cc2ccc(Oc3ccccc3)cc2)cc1C(=O)OC. The average Bonchev–Trinajstić information content (AvgIpc) is 2.98. The Balaban J connectivity index is 1.54. The van der Waals surface area contributed by atoms with Crippen LogP contribution in [0.2, 0.25) is 0 Å². The highest BCUT2D eigenvalue weighted by Gasteiger charge is 2.20. The van der Waals surface area contributed by atoms with Crippen LogP contribution in [0.25, 0.3) is 0 Å². The maximum atomic E-state index is 12.3. The molecule has 0 bridgehead atoms. The second kappa shape index (κ2) is 13.2. The zero-order chi connectivity index (χ0) is 27.6. The summed E-state index contributed by atoms with van der Waals surface area (Å²) >= 11 is 5.80. The van der Waals surface area contributed by atoms with E-state index < -0.39 is 11.9 Å². The molecule has 4 aromatic carbocycles. The Morgan fingerprint density at radius 3 is 1.85 bits per heavy atom. The van der Waals surface area contributed by atoms with Crippen molar-refractivity contribution in [2.24, 2.45) is 0 Å². The van der Waals surface area contributed by atoms with E-state index in [9.17, 15) is 9.59 Å². The summed E-state index contributed by atoms with van der Waals surface area (Å²) in [5.41, 5.74) is 2.85. The number of carbonyl (C=O) groups is 2. The van der Waals surface area contributed by atoms with Crippen molar-refractivity contribution >= 4 is 35.0 Å². The van der Waals surface area contributed by atoms with Gasteiger partial charge in [-0.25, -0.2) is 9.59 Å². The van der Waals surface area contributed by atoms with Gasteiger partial charge < -0.3 is 24.4 Å². The van der Waals surface area contributed by atoms with Crippen molar-refractivity contribution in [2.45, 2.75) is 13.1 Å². The summed E-state index contributed by atoms with van der Waals surface area (Å²) in [5, 5.41) is 3.65. The molecule has 7 nitrogen and oxygen atoms in total. The number of hydrogen-bond donors (Lipinski definition) is 1. The molecule has 0 amide bonds. The first-order chi connectivity index (χ1) is 19.0. The first-order valence-electron chi connectivity index (χ1n) is 12.2. The lowest BCUT2D eigenvalue weighted by molar-refractivity contribution is 0.0555. The normalized spacial score (nSPS) is 10.3. The number of esters is 2. The number of para-hydroxylation sites is 1. The first-order valence-corrected chi connectivity index (χ1v) is 12.6. The number of benzene rings is 4. The lowest BCUT2D eigenvalue weighted by Gasteiger charge is -2.26. The van der Waals surface area contributed by atoms with E-state index in [4.69, 9.17) is 26.4 Å². The largest absolute Gasteiger partial charge is 0.465 e. The van der Waals surface area contributed by atoms with Crippen LogP contribution in [0.15, 0.2) is 103 Å². The molecule has 0 aliphatic carbocycles. The Kier molecular flexibility index (Phi) is 9.26. The molecule has 0 aromatic heterocycles. The van der Waals surface area contributed by atoms with Crippen molar-refractivity contribution in [1.82, 2.24) is 4.90 Å². The molecule has 8 heteroatoms. The van der Waals surface area contributed by atoms with Crippen molar-refractivity contribution in [1.29, 1.82) is 0 Å². The smallest absolute Gasteiger partial charge is 0.338 e. The van der Waals surface area contributed by atoms with Crippen molar-refractivity contribution in [2.75, 3.05) is 19.5 Å². The van der Waals surface area contributed by atoms with Gasteiger partial charge in [-0.05, 0) is 65.8 Å². The number of hydrogen-bond acceptors (Lipinski definition) is 6. The Morgan fingerprint density at radius 2 is 1.23 bits per heavy atom. The van der Waals surface area contributed by atoms with E-state index in [2.05, 4.69) is 5.32 Å². The van der Waals surface area contributed by atoms with E-state index in [1.54, 1.807) is 6.07 Å². The molecule has 0 fully saturated rings. The minimum atomic E-state index is -0.649. The molecular formula is C31H28N2O5S. The molecule has 4 aromatic rings. The predicted octanol–water partition coefficient (Wildman–Crippen LogP) is 6.45. The van der Waals surface area contributed by atoms with Crippen LogP contribution in [-0.2, 0) is 22.6 Å². The summed E-state index contributed by atoms with van der Waals surface area (Å²) in [6.45, 7) is 1.08. The molecule has 0 saturated heterocycles. The molecule has 0 heterocycles. The summed E-state index contributed by atoms with van der Waals surface area (Å²) < 4.78 is 15.6. The maximum absolute atomic E-state index is 12.3. The lowest BCUT2D eigenvalue weighted by Crippen LogP contribution is -2.34. The summed E-state index contributed by atoms with van der Waals surface area (Å²) in [7, 11) is 2.51. The standard InChI is InChI=1S/C31H28N2O5S/c1-36-29(34)27-18-15-24(19-28(27)30(35)37-2)32-31(39)33(20-22-9-5-3-6-10-22)21-23-13-16-26(17-14-23)38-25-11-7-4-8-12-25/h3-19H,20-21H2,1-2H3,(H,32,39). The summed E-state index contributed by atoms with van der Waals surface area (Å²) in [6, 6.07) is 32.2. The van der Waals surface area contributed by atoms with Crippen molar-refractivity contribution in [3.63, 3.8) is 0 Å². The third-order valence-electron chi connectivity index (χ3n) is 5.86. The average molecular weight is 541 g/mol. The van der Waals surface area contributed by atoms with Gasteiger partial charge in [0, 0.05) is 18.8 Å². The van der Waals surface area contributed by atoms with E-state index in [0.29, 0.717) is 23.9 Å². The Labute approximate surface area is 232 Å². The zero-order valence-corrected chi connectivity index (χ0v) is 22.4. The Morgan fingerprint density at radius 1 is 0.692 bits per heavy atom. The minimum Gasteiger partial charge on any atom is -0.465 e. The van der Waals surface area contributed by atoms with Gasteiger partial charge in [0.2, 0.25) is 0 Å². The molecule has 0 atom stereocenters.